The Morgan fingerprint density at radius 3 is 2.59 bits per heavy atom. The van der Waals surface area contributed by atoms with E-state index in [2.05, 4.69) is 15.5 Å². The Morgan fingerprint density at radius 1 is 1.12 bits per heavy atom. The van der Waals surface area contributed by atoms with Crippen LogP contribution in [0.1, 0.15) is 36.5 Å². The van der Waals surface area contributed by atoms with E-state index in [0.717, 1.165) is 29.5 Å². The number of amides is 1. The van der Waals surface area contributed by atoms with Crippen LogP contribution in [-0.4, -0.2) is 40.8 Å². The van der Waals surface area contributed by atoms with E-state index in [1.54, 1.807) is 37.4 Å². The average Bonchev–Trinajstić information content (AvgIpc) is 3.34. The number of rotatable bonds is 8. The first kappa shape index (κ1) is 22.6. The van der Waals surface area contributed by atoms with Crippen molar-refractivity contribution >= 4 is 34.4 Å². The first-order valence-corrected chi connectivity index (χ1v) is 12.0. The van der Waals surface area contributed by atoms with Crippen molar-refractivity contribution in [2.45, 2.75) is 38.3 Å². The standard InChI is InChI=1S/C26H26ClN3O4/c1-2-33-24(31)13-22(29-26(32)15-7-9-16(27)10-8-15)25-19-11-17(12-20(19)25)34-23-14-28-30-21-6-4-3-5-18(21)23/h3-10,14,17,19-20,22,25H,2,11-13H2,1H3,(H,29,32). The molecule has 7 nitrogen and oxygen atoms in total. The number of fused-ring (bicyclic) bond motifs is 2. The van der Waals surface area contributed by atoms with E-state index in [1.165, 1.54) is 0 Å². The third-order valence-electron chi connectivity index (χ3n) is 6.85. The summed E-state index contributed by atoms with van der Waals surface area (Å²) < 4.78 is 11.5. The number of carbonyl (C=O) groups is 2. The fraction of sp³-hybridized carbons (Fsp3) is 0.385. The van der Waals surface area contributed by atoms with Gasteiger partial charge in [-0.1, -0.05) is 23.7 Å². The van der Waals surface area contributed by atoms with Crippen molar-refractivity contribution in [1.29, 1.82) is 0 Å². The van der Waals surface area contributed by atoms with Crippen molar-refractivity contribution in [3.63, 3.8) is 0 Å². The molecule has 0 spiro atoms. The highest BCUT2D eigenvalue weighted by molar-refractivity contribution is 6.30. The predicted molar refractivity (Wildman–Crippen MR) is 128 cm³/mol. The lowest BCUT2D eigenvalue weighted by atomic mass is 9.99. The van der Waals surface area contributed by atoms with Gasteiger partial charge in [0.25, 0.3) is 5.91 Å². The van der Waals surface area contributed by atoms with Crippen molar-refractivity contribution in [3.05, 3.63) is 65.3 Å². The molecular formula is C26H26ClN3O4. The molecule has 2 aliphatic carbocycles. The quantitative estimate of drug-likeness (QED) is 0.480. The lowest BCUT2D eigenvalue weighted by Gasteiger charge is -2.23. The van der Waals surface area contributed by atoms with Gasteiger partial charge >= 0.3 is 5.97 Å². The van der Waals surface area contributed by atoms with Crippen LogP contribution in [-0.2, 0) is 9.53 Å². The molecule has 3 aromatic rings. The molecule has 5 rings (SSSR count). The number of ether oxygens (including phenoxy) is 2. The zero-order chi connectivity index (χ0) is 23.7. The molecule has 3 unspecified atom stereocenters. The molecule has 1 N–H and O–H groups in total. The minimum atomic E-state index is -0.295. The number of nitrogens with zero attached hydrogens (tertiary/aromatic N) is 2. The summed E-state index contributed by atoms with van der Waals surface area (Å²) in [6.45, 7) is 2.10. The van der Waals surface area contributed by atoms with Gasteiger partial charge < -0.3 is 14.8 Å². The van der Waals surface area contributed by atoms with E-state index in [1.807, 2.05) is 24.3 Å². The van der Waals surface area contributed by atoms with Gasteiger partial charge in [0.2, 0.25) is 0 Å². The highest BCUT2D eigenvalue weighted by atomic mass is 35.5. The summed E-state index contributed by atoms with van der Waals surface area (Å²) in [4.78, 5) is 25.1. The van der Waals surface area contributed by atoms with Crippen molar-refractivity contribution in [2.24, 2.45) is 17.8 Å². The topological polar surface area (TPSA) is 90.4 Å². The number of carbonyl (C=O) groups excluding carboxylic acids is 2. The molecule has 176 valence electrons. The third-order valence-corrected chi connectivity index (χ3v) is 7.10. The fourth-order valence-electron chi connectivity index (χ4n) is 5.33. The Bertz CT molecular complexity index is 1180. The van der Waals surface area contributed by atoms with Gasteiger partial charge in [-0.3, -0.25) is 9.59 Å². The van der Waals surface area contributed by atoms with Crippen LogP contribution in [0.4, 0.5) is 0 Å². The normalized spacial score (nSPS) is 23.7. The Labute approximate surface area is 202 Å². The number of hydrogen-bond donors (Lipinski definition) is 1. The monoisotopic (exact) mass is 479 g/mol. The van der Waals surface area contributed by atoms with Crippen molar-refractivity contribution < 1.29 is 19.1 Å². The summed E-state index contributed by atoms with van der Waals surface area (Å²) in [7, 11) is 0. The molecule has 3 atom stereocenters. The van der Waals surface area contributed by atoms with Crippen LogP contribution >= 0.6 is 11.6 Å². The molecule has 2 saturated carbocycles. The smallest absolute Gasteiger partial charge is 0.307 e. The van der Waals surface area contributed by atoms with Gasteiger partial charge in [0.1, 0.15) is 5.75 Å². The molecule has 8 heteroatoms. The zero-order valence-electron chi connectivity index (χ0n) is 18.8. The Kier molecular flexibility index (Phi) is 6.37. The van der Waals surface area contributed by atoms with Gasteiger partial charge in [0, 0.05) is 22.0 Å². The van der Waals surface area contributed by atoms with E-state index in [0.29, 0.717) is 29.0 Å². The van der Waals surface area contributed by atoms with Crippen LogP contribution in [0.25, 0.3) is 10.9 Å². The highest BCUT2D eigenvalue weighted by Gasteiger charge is 2.60. The van der Waals surface area contributed by atoms with Gasteiger partial charge in [0.05, 0.1) is 30.8 Å². The maximum Gasteiger partial charge on any atom is 0.307 e. The first-order chi connectivity index (χ1) is 16.5. The highest BCUT2D eigenvalue weighted by Crippen LogP contribution is 2.60. The number of nitrogens with one attached hydrogen (secondary N) is 1. The lowest BCUT2D eigenvalue weighted by Crippen LogP contribution is -2.40. The summed E-state index contributed by atoms with van der Waals surface area (Å²) in [6.07, 6.45) is 3.66. The molecule has 1 amide bonds. The van der Waals surface area contributed by atoms with E-state index in [-0.39, 0.29) is 36.4 Å². The lowest BCUT2D eigenvalue weighted by molar-refractivity contribution is -0.143. The van der Waals surface area contributed by atoms with Crippen LogP contribution < -0.4 is 10.1 Å². The largest absolute Gasteiger partial charge is 0.488 e. The van der Waals surface area contributed by atoms with Gasteiger partial charge in [-0.25, -0.2) is 0 Å². The fourth-order valence-corrected chi connectivity index (χ4v) is 5.45. The Morgan fingerprint density at radius 2 is 1.85 bits per heavy atom. The van der Waals surface area contributed by atoms with E-state index >= 15 is 0 Å². The van der Waals surface area contributed by atoms with Crippen molar-refractivity contribution in [3.8, 4) is 5.75 Å². The number of esters is 1. The predicted octanol–water partition coefficient (Wildman–Crippen LogP) is 4.44. The van der Waals surface area contributed by atoms with E-state index in [9.17, 15) is 9.59 Å². The number of hydrogen-bond acceptors (Lipinski definition) is 6. The van der Waals surface area contributed by atoms with E-state index in [4.69, 9.17) is 21.1 Å². The molecule has 0 radical (unpaired) electrons. The molecule has 0 aliphatic heterocycles. The summed E-state index contributed by atoms with van der Waals surface area (Å²) in [6, 6.07) is 14.3. The molecule has 0 saturated heterocycles. The van der Waals surface area contributed by atoms with Crippen LogP contribution in [0.3, 0.4) is 0 Å². The maximum atomic E-state index is 12.8. The summed E-state index contributed by atoms with van der Waals surface area (Å²) in [5.74, 6) is 1.27. The van der Waals surface area contributed by atoms with Gasteiger partial charge in [-0.05, 0) is 73.9 Å². The van der Waals surface area contributed by atoms with Gasteiger partial charge in [-0.15, -0.1) is 0 Å². The van der Waals surface area contributed by atoms with Crippen LogP contribution in [0, 0.1) is 17.8 Å². The summed E-state index contributed by atoms with van der Waals surface area (Å²) in [5.41, 5.74) is 1.32. The number of aromatic nitrogens is 2. The minimum absolute atomic E-state index is 0.0778. The number of halogens is 1. The van der Waals surface area contributed by atoms with E-state index < -0.39 is 0 Å². The molecule has 1 aromatic heterocycles. The molecule has 1 heterocycles. The second-order valence-corrected chi connectivity index (χ2v) is 9.37. The third kappa shape index (κ3) is 4.71. The first-order valence-electron chi connectivity index (χ1n) is 11.6. The number of benzene rings is 2. The Hall–Kier alpha value is -3.19. The summed E-state index contributed by atoms with van der Waals surface area (Å²) in [5, 5.41) is 12.8. The molecule has 2 aromatic carbocycles. The van der Waals surface area contributed by atoms with Gasteiger partial charge in [0.15, 0.2) is 0 Å². The Balaban J connectivity index is 1.25. The molecule has 2 fully saturated rings. The maximum absolute atomic E-state index is 12.8. The van der Waals surface area contributed by atoms with Crippen LogP contribution in [0.2, 0.25) is 5.02 Å². The SMILES string of the molecule is CCOC(=O)CC(NC(=O)c1ccc(Cl)cc1)C1C2CC(Oc3cnnc4ccccc34)CC21. The second kappa shape index (κ2) is 9.58. The molecular weight excluding hydrogens is 454 g/mol. The van der Waals surface area contributed by atoms with Crippen LogP contribution in [0.15, 0.2) is 54.7 Å². The second-order valence-electron chi connectivity index (χ2n) is 8.94. The van der Waals surface area contributed by atoms with Crippen molar-refractivity contribution in [2.75, 3.05) is 6.61 Å². The zero-order valence-corrected chi connectivity index (χ0v) is 19.6. The minimum Gasteiger partial charge on any atom is -0.488 e. The molecule has 2 aliphatic rings. The van der Waals surface area contributed by atoms with Gasteiger partial charge in [-0.2, -0.15) is 10.2 Å². The molecule has 0 bridgehead atoms. The average molecular weight is 480 g/mol. The van der Waals surface area contributed by atoms with Crippen molar-refractivity contribution in [1.82, 2.24) is 15.5 Å². The molecule has 34 heavy (non-hydrogen) atoms. The summed E-state index contributed by atoms with van der Waals surface area (Å²) >= 11 is 5.94. The van der Waals surface area contributed by atoms with Crippen LogP contribution in [0.5, 0.6) is 5.75 Å².